The molecule has 0 radical (unpaired) electrons. The highest BCUT2D eigenvalue weighted by atomic mass is 35.5. The van der Waals surface area contributed by atoms with Crippen LogP contribution in [-0.4, -0.2) is 22.7 Å². The first kappa shape index (κ1) is 16.2. The third-order valence-electron chi connectivity index (χ3n) is 2.78. The van der Waals surface area contributed by atoms with Gasteiger partial charge < -0.3 is 9.94 Å². The maximum atomic E-state index is 13.0. The van der Waals surface area contributed by atoms with Gasteiger partial charge in [0.25, 0.3) is 5.63 Å². The van der Waals surface area contributed by atoms with Gasteiger partial charge in [-0.25, -0.2) is 4.39 Å². The molecule has 0 fully saturated rings. The fourth-order valence-corrected chi connectivity index (χ4v) is 1.81. The lowest BCUT2D eigenvalue weighted by Gasteiger charge is -2.17. The third kappa shape index (κ3) is 3.71. The first-order valence-corrected chi connectivity index (χ1v) is 6.60. The van der Waals surface area contributed by atoms with Crippen LogP contribution in [0.4, 0.5) is 13.2 Å². The Labute approximate surface area is 129 Å². The van der Waals surface area contributed by atoms with E-state index in [1.807, 2.05) is 0 Å². The molecule has 22 heavy (non-hydrogen) atoms. The summed E-state index contributed by atoms with van der Waals surface area (Å²) in [5.74, 6) is -0.262. The molecule has 0 spiro atoms. The number of rotatable bonds is 5. The van der Waals surface area contributed by atoms with E-state index in [0.717, 1.165) is 0 Å². The normalized spacial score (nSPS) is 13.7. The second-order valence-electron chi connectivity index (χ2n) is 4.30. The number of hydrogen-bond acceptors (Lipinski definition) is 3. The quantitative estimate of drug-likeness (QED) is 0.382. The van der Waals surface area contributed by atoms with E-state index in [2.05, 4.69) is 9.89 Å². The molecule has 0 aliphatic carbocycles. The molecule has 0 aliphatic rings. The average Bonchev–Trinajstić information content (AvgIpc) is 2.50. The van der Waals surface area contributed by atoms with Crippen LogP contribution in [0.5, 0.6) is 5.75 Å². The fourth-order valence-electron chi connectivity index (χ4n) is 1.76. The van der Waals surface area contributed by atoms with Gasteiger partial charge in [-0.1, -0.05) is 47.1 Å². The fraction of sp³-hybridized carbons (Fsp3) is 0.133. The van der Waals surface area contributed by atoms with Crippen LogP contribution in [0.1, 0.15) is 11.1 Å². The Kier molecular flexibility index (Phi) is 4.92. The highest BCUT2D eigenvalue weighted by Crippen LogP contribution is 2.29. The second-order valence-corrected chi connectivity index (χ2v) is 4.69. The number of hydrogen-bond donors (Lipinski definition) is 1. The number of oxime groups is 1. The molecule has 7 heteroatoms. The lowest BCUT2D eigenvalue weighted by atomic mass is 10.0. The van der Waals surface area contributed by atoms with Crippen LogP contribution in [0, 0.1) is 0 Å². The summed E-state index contributed by atoms with van der Waals surface area (Å²) in [6.45, 7) is 0. The smallest absolute Gasteiger partial charge is 0.429 e. The summed E-state index contributed by atoms with van der Waals surface area (Å²) < 4.78 is 42.7. The van der Waals surface area contributed by atoms with E-state index in [1.54, 1.807) is 30.3 Å². The van der Waals surface area contributed by atoms with Crippen LogP contribution in [0.3, 0.4) is 0 Å². The molecule has 2 rings (SSSR count). The van der Waals surface area contributed by atoms with Crippen LogP contribution in [0.2, 0.25) is 0 Å². The number of benzene rings is 2. The standard InChI is InChI=1S/C15H11ClF3NO2/c16-14(17)15(18,19)22-12-8-6-11(7-9-12)13(20-21)10-4-2-1-3-5-10/h1-9,14,21H. The molecule has 0 saturated carbocycles. The van der Waals surface area contributed by atoms with Crippen molar-refractivity contribution in [1.82, 2.24) is 0 Å². The van der Waals surface area contributed by atoms with Gasteiger partial charge >= 0.3 is 6.11 Å². The molecule has 0 saturated heterocycles. The van der Waals surface area contributed by atoms with E-state index in [-0.39, 0.29) is 11.5 Å². The van der Waals surface area contributed by atoms with Crippen LogP contribution in [0.25, 0.3) is 0 Å². The summed E-state index contributed by atoms with van der Waals surface area (Å²) in [6, 6.07) is 14.0. The molecule has 2 aromatic carbocycles. The van der Waals surface area contributed by atoms with Crippen molar-refractivity contribution in [3.8, 4) is 5.75 Å². The molecule has 0 bridgehead atoms. The monoisotopic (exact) mass is 329 g/mol. The van der Waals surface area contributed by atoms with Crippen LogP contribution in [-0.2, 0) is 0 Å². The number of alkyl halides is 4. The first-order chi connectivity index (χ1) is 10.4. The van der Waals surface area contributed by atoms with Gasteiger partial charge in [0.05, 0.1) is 0 Å². The minimum Gasteiger partial charge on any atom is -0.429 e. The van der Waals surface area contributed by atoms with E-state index in [1.165, 1.54) is 24.3 Å². The van der Waals surface area contributed by atoms with Gasteiger partial charge in [0.1, 0.15) is 11.5 Å². The lowest BCUT2D eigenvalue weighted by molar-refractivity contribution is -0.199. The van der Waals surface area contributed by atoms with E-state index >= 15 is 0 Å². The summed E-state index contributed by atoms with van der Waals surface area (Å²) in [5.41, 5.74) is -1.56. The van der Waals surface area contributed by atoms with Crippen molar-refractivity contribution in [2.75, 3.05) is 0 Å². The molecule has 2 aromatic rings. The molecule has 3 nitrogen and oxygen atoms in total. The zero-order valence-corrected chi connectivity index (χ0v) is 11.8. The molecule has 0 aromatic heterocycles. The Hall–Kier alpha value is -2.21. The van der Waals surface area contributed by atoms with Crippen molar-refractivity contribution in [2.45, 2.75) is 11.7 Å². The van der Waals surface area contributed by atoms with Gasteiger partial charge in [0, 0.05) is 11.1 Å². The van der Waals surface area contributed by atoms with Crippen molar-refractivity contribution in [3.05, 3.63) is 65.7 Å². The summed E-state index contributed by atoms with van der Waals surface area (Å²) in [4.78, 5) is 0. The van der Waals surface area contributed by atoms with Crippen LogP contribution < -0.4 is 4.74 Å². The minimum atomic E-state index is -4.13. The molecule has 0 heterocycles. The topological polar surface area (TPSA) is 41.8 Å². The molecule has 1 N–H and O–H groups in total. The zero-order valence-electron chi connectivity index (χ0n) is 11.1. The summed E-state index contributed by atoms with van der Waals surface area (Å²) in [5, 5.41) is 12.3. The predicted molar refractivity (Wildman–Crippen MR) is 76.6 cm³/mol. The molecule has 116 valence electrons. The predicted octanol–water partition coefficient (Wildman–Crippen LogP) is 4.42. The minimum absolute atomic E-state index is 0.262. The Morgan fingerprint density at radius 2 is 1.59 bits per heavy atom. The van der Waals surface area contributed by atoms with Crippen molar-refractivity contribution >= 4 is 17.3 Å². The van der Waals surface area contributed by atoms with E-state index < -0.39 is 11.7 Å². The van der Waals surface area contributed by atoms with Crippen molar-refractivity contribution in [2.24, 2.45) is 5.16 Å². The second kappa shape index (κ2) is 6.70. The van der Waals surface area contributed by atoms with Crippen molar-refractivity contribution in [1.29, 1.82) is 0 Å². The number of nitrogens with zero attached hydrogens (tertiary/aromatic N) is 1. The summed E-state index contributed by atoms with van der Waals surface area (Å²) in [6.07, 6.45) is -4.13. The van der Waals surface area contributed by atoms with E-state index in [0.29, 0.717) is 11.1 Å². The molecule has 1 atom stereocenters. The van der Waals surface area contributed by atoms with Gasteiger partial charge in [-0.2, -0.15) is 8.78 Å². The average molecular weight is 330 g/mol. The molecular formula is C15H11ClF3NO2. The van der Waals surface area contributed by atoms with Gasteiger partial charge in [0.2, 0.25) is 0 Å². The Morgan fingerprint density at radius 1 is 1.05 bits per heavy atom. The SMILES string of the molecule is ON=C(c1ccccc1)c1ccc(OC(F)(F)C(F)Cl)cc1. The Bertz CT molecular complexity index is 646. The maximum Gasteiger partial charge on any atom is 0.444 e. The Morgan fingerprint density at radius 3 is 2.09 bits per heavy atom. The first-order valence-electron chi connectivity index (χ1n) is 6.17. The Balaban J connectivity index is 2.22. The van der Waals surface area contributed by atoms with E-state index in [4.69, 9.17) is 16.8 Å². The zero-order chi connectivity index (χ0) is 16.2. The van der Waals surface area contributed by atoms with Crippen molar-refractivity contribution < 1.29 is 23.1 Å². The molecular weight excluding hydrogens is 319 g/mol. The van der Waals surface area contributed by atoms with E-state index in [9.17, 15) is 13.2 Å². The molecule has 0 aliphatic heterocycles. The highest BCUT2D eigenvalue weighted by Gasteiger charge is 2.42. The third-order valence-corrected chi connectivity index (χ3v) is 3.04. The van der Waals surface area contributed by atoms with Gasteiger partial charge in [0.15, 0.2) is 0 Å². The van der Waals surface area contributed by atoms with Gasteiger partial charge in [-0.3, -0.25) is 0 Å². The van der Waals surface area contributed by atoms with Crippen LogP contribution >= 0.6 is 11.6 Å². The maximum absolute atomic E-state index is 13.0. The largest absolute Gasteiger partial charge is 0.444 e. The van der Waals surface area contributed by atoms with Crippen molar-refractivity contribution in [3.63, 3.8) is 0 Å². The summed E-state index contributed by atoms with van der Waals surface area (Å²) >= 11 is 4.71. The van der Waals surface area contributed by atoms with Gasteiger partial charge in [-0.15, -0.1) is 0 Å². The van der Waals surface area contributed by atoms with Crippen LogP contribution in [0.15, 0.2) is 59.8 Å². The van der Waals surface area contributed by atoms with Gasteiger partial charge in [-0.05, 0) is 24.3 Å². The number of halogens is 4. The highest BCUT2D eigenvalue weighted by molar-refractivity contribution is 6.20. The number of ether oxygens (including phenoxy) is 1. The lowest BCUT2D eigenvalue weighted by Crippen LogP contribution is -2.32. The summed E-state index contributed by atoms with van der Waals surface area (Å²) in [7, 11) is 0. The molecule has 1 unspecified atom stereocenters. The molecule has 0 amide bonds.